The maximum Gasteiger partial charge on any atom is 0.257 e. The smallest absolute Gasteiger partial charge is 0.257 e. The van der Waals surface area contributed by atoms with E-state index in [1.165, 1.54) is 12.1 Å². The molecule has 0 unspecified atom stereocenters. The minimum absolute atomic E-state index is 0.0124. The van der Waals surface area contributed by atoms with Gasteiger partial charge in [-0.1, -0.05) is 42.8 Å². The third-order valence-electron chi connectivity index (χ3n) is 4.99. The number of carbonyl (C=O) groups excluding carboxylic acids is 1. The maximum atomic E-state index is 14.2. The fourth-order valence-electron chi connectivity index (χ4n) is 3.19. The van der Waals surface area contributed by atoms with Gasteiger partial charge in [0.05, 0.1) is 12.1 Å². The predicted molar refractivity (Wildman–Crippen MR) is 111 cm³/mol. The lowest BCUT2D eigenvalue weighted by molar-refractivity contribution is 0.0662. The molecule has 1 heterocycles. The Hall–Kier alpha value is -2.59. The van der Waals surface area contributed by atoms with E-state index in [1.54, 1.807) is 17.0 Å². The van der Waals surface area contributed by atoms with E-state index in [2.05, 4.69) is 4.57 Å². The third-order valence-corrected chi connectivity index (χ3v) is 5.22. The van der Waals surface area contributed by atoms with Gasteiger partial charge in [-0.25, -0.2) is 4.39 Å². The summed E-state index contributed by atoms with van der Waals surface area (Å²) in [5.41, 5.74) is 2.18. The second kappa shape index (κ2) is 9.07. The van der Waals surface area contributed by atoms with Crippen molar-refractivity contribution in [3.05, 3.63) is 94.5 Å². The zero-order valence-electron chi connectivity index (χ0n) is 16.1. The number of halogens is 2. The highest BCUT2D eigenvalue weighted by atomic mass is 35.5. The molecule has 2 aromatic carbocycles. The van der Waals surface area contributed by atoms with E-state index in [0.29, 0.717) is 18.1 Å². The summed E-state index contributed by atoms with van der Waals surface area (Å²) in [4.78, 5) is 14.8. The van der Waals surface area contributed by atoms with E-state index in [4.69, 9.17) is 11.6 Å². The van der Waals surface area contributed by atoms with Crippen LogP contribution >= 0.6 is 11.6 Å². The molecule has 5 heteroatoms. The molecule has 1 atom stereocenters. The van der Waals surface area contributed by atoms with Crippen LogP contribution in [0.15, 0.2) is 66.9 Å². The third kappa shape index (κ3) is 4.63. The number of hydrogen-bond acceptors (Lipinski definition) is 1. The van der Waals surface area contributed by atoms with E-state index < -0.39 is 5.82 Å². The molecule has 0 radical (unpaired) electrons. The van der Waals surface area contributed by atoms with Crippen LogP contribution in [-0.2, 0) is 13.1 Å². The molecule has 28 heavy (non-hydrogen) atoms. The topological polar surface area (TPSA) is 25.2 Å². The molecule has 0 saturated carbocycles. The lowest BCUT2D eigenvalue weighted by atomic mass is 10.1. The van der Waals surface area contributed by atoms with Gasteiger partial charge >= 0.3 is 0 Å². The highest BCUT2D eigenvalue weighted by Gasteiger charge is 2.24. The zero-order valence-corrected chi connectivity index (χ0v) is 16.9. The largest absolute Gasteiger partial charge is 0.345 e. The van der Waals surface area contributed by atoms with Gasteiger partial charge in [-0.15, -0.1) is 0 Å². The van der Waals surface area contributed by atoms with Gasteiger partial charge in [-0.2, -0.15) is 0 Å². The van der Waals surface area contributed by atoms with Crippen LogP contribution in [0.4, 0.5) is 4.39 Å². The quantitative estimate of drug-likeness (QED) is 0.496. The molecule has 0 aliphatic heterocycles. The molecular weight excluding hydrogens is 375 g/mol. The molecule has 1 aromatic heterocycles. The van der Waals surface area contributed by atoms with Gasteiger partial charge in [0.15, 0.2) is 0 Å². The van der Waals surface area contributed by atoms with E-state index >= 15 is 0 Å². The average Bonchev–Trinajstić information content (AvgIpc) is 3.12. The molecule has 3 nitrogen and oxygen atoms in total. The number of carbonyl (C=O) groups is 1. The van der Waals surface area contributed by atoms with Crippen molar-refractivity contribution in [3.63, 3.8) is 0 Å². The van der Waals surface area contributed by atoms with Gasteiger partial charge in [0.1, 0.15) is 5.82 Å². The van der Waals surface area contributed by atoms with Crippen molar-refractivity contribution in [1.82, 2.24) is 9.47 Å². The molecule has 146 valence electrons. The fraction of sp³-hybridized carbons (Fsp3) is 0.261. The Bertz CT molecular complexity index is 953. The Labute approximate surface area is 170 Å². The van der Waals surface area contributed by atoms with E-state index in [-0.39, 0.29) is 17.5 Å². The summed E-state index contributed by atoms with van der Waals surface area (Å²) in [6.07, 6.45) is 2.77. The Morgan fingerprint density at radius 1 is 1.14 bits per heavy atom. The van der Waals surface area contributed by atoms with Crippen LogP contribution in [-0.4, -0.2) is 21.4 Å². The molecule has 0 aliphatic rings. The lowest BCUT2D eigenvalue weighted by Crippen LogP contribution is -2.38. The molecule has 1 amide bonds. The molecule has 0 spiro atoms. The van der Waals surface area contributed by atoms with E-state index in [1.807, 2.05) is 56.4 Å². The minimum Gasteiger partial charge on any atom is -0.345 e. The van der Waals surface area contributed by atoms with Crippen LogP contribution in [0.25, 0.3) is 0 Å². The number of amides is 1. The molecule has 0 N–H and O–H groups in total. The fourth-order valence-corrected chi connectivity index (χ4v) is 3.40. The van der Waals surface area contributed by atoms with Crippen molar-refractivity contribution in [2.75, 3.05) is 0 Å². The molecule has 0 bridgehead atoms. The highest BCUT2D eigenvalue weighted by molar-refractivity contribution is 6.30. The summed E-state index contributed by atoms with van der Waals surface area (Å²) in [6, 6.07) is 17.8. The van der Waals surface area contributed by atoms with Crippen LogP contribution in [0, 0.1) is 5.82 Å². The summed E-state index contributed by atoms with van der Waals surface area (Å²) in [7, 11) is 0. The van der Waals surface area contributed by atoms with Crippen LogP contribution in [0.5, 0.6) is 0 Å². The second-order valence-electron chi connectivity index (χ2n) is 6.93. The van der Waals surface area contributed by atoms with Crippen molar-refractivity contribution in [1.29, 1.82) is 0 Å². The minimum atomic E-state index is -0.491. The number of benzene rings is 2. The Morgan fingerprint density at radius 3 is 2.64 bits per heavy atom. The van der Waals surface area contributed by atoms with Crippen molar-refractivity contribution in [2.45, 2.75) is 39.4 Å². The van der Waals surface area contributed by atoms with Crippen molar-refractivity contribution >= 4 is 17.5 Å². The number of hydrogen-bond donors (Lipinski definition) is 0. The van der Waals surface area contributed by atoms with Gasteiger partial charge < -0.3 is 9.47 Å². The monoisotopic (exact) mass is 398 g/mol. The van der Waals surface area contributed by atoms with Gasteiger partial charge in [-0.05, 0) is 55.3 Å². The number of aromatic nitrogens is 1. The summed E-state index contributed by atoms with van der Waals surface area (Å²) in [5.74, 6) is -0.780. The Kier molecular flexibility index (Phi) is 6.53. The first-order valence-corrected chi connectivity index (χ1v) is 9.81. The molecular formula is C23H24ClFN2O. The first-order valence-electron chi connectivity index (χ1n) is 9.43. The van der Waals surface area contributed by atoms with E-state index in [9.17, 15) is 9.18 Å². The summed E-state index contributed by atoms with van der Waals surface area (Å²) >= 11 is 6.10. The molecule has 0 saturated heterocycles. The SMILES string of the molecule is CC[C@H](C)N(Cc1cccn1Cc1cccc(Cl)c1)C(=O)c1ccccc1F. The molecule has 0 aliphatic carbocycles. The first-order chi connectivity index (χ1) is 13.5. The number of nitrogens with zero attached hydrogens (tertiary/aromatic N) is 2. The van der Waals surface area contributed by atoms with Crippen LogP contribution < -0.4 is 0 Å². The summed E-state index contributed by atoms with van der Waals surface area (Å²) in [6.45, 7) is 5.08. The highest BCUT2D eigenvalue weighted by Crippen LogP contribution is 2.19. The number of rotatable bonds is 7. The van der Waals surface area contributed by atoms with Crippen molar-refractivity contribution in [3.8, 4) is 0 Å². The van der Waals surface area contributed by atoms with Crippen molar-refractivity contribution in [2.24, 2.45) is 0 Å². The Morgan fingerprint density at radius 2 is 1.93 bits per heavy atom. The molecule has 3 rings (SSSR count). The summed E-state index contributed by atoms with van der Waals surface area (Å²) in [5, 5.41) is 0.696. The lowest BCUT2D eigenvalue weighted by Gasteiger charge is -2.29. The molecule has 3 aromatic rings. The molecule has 0 fully saturated rings. The van der Waals surface area contributed by atoms with Crippen LogP contribution in [0.1, 0.15) is 41.9 Å². The normalized spacial score (nSPS) is 12.0. The van der Waals surface area contributed by atoms with Crippen molar-refractivity contribution < 1.29 is 9.18 Å². The van der Waals surface area contributed by atoms with Crippen LogP contribution in [0.2, 0.25) is 5.02 Å². The maximum absolute atomic E-state index is 14.2. The van der Waals surface area contributed by atoms with Gasteiger partial charge in [-0.3, -0.25) is 4.79 Å². The average molecular weight is 399 g/mol. The predicted octanol–water partition coefficient (Wildman–Crippen LogP) is 5.77. The van der Waals surface area contributed by atoms with Gasteiger partial charge in [0.25, 0.3) is 5.91 Å². The van der Waals surface area contributed by atoms with E-state index in [0.717, 1.165) is 17.7 Å². The zero-order chi connectivity index (χ0) is 20.1. The first kappa shape index (κ1) is 20.2. The summed E-state index contributed by atoms with van der Waals surface area (Å²) < 4.78 is 16.3. The van der Waals surface area contributed by atoms with Gasteiger partial charge in [0, 0.05) is 29.5 Å². The second-order valence-corrected chi connectivity index (χ2v) is 7.36. The Balaban J connectivity index is 1.86. The standard InChI is InChI=1S/C23H24ClFN2O/c1-3-17(2)27(23(28)21-11-4-5-12-22(21)25)16-20-10-7-13-26(20)15-18-8-6-9-19(24)14-18/h4-14,17H,3,15-16H2,1-2H3/t17-/m0/s1. The van der Waals surface area contributed by atoms with Gasteiger partial charge in [0.2, 0.25) is 0 Å². The van der Waals surface area contributed by atoms with Crippen LogP contribution in [0.3, 0.4) is 0 Å².